The third kappa shape index (κ3) is 12.9. The summed E-state index contributed by atoms with van der Waals surface area (Å²) in [5.41, 5.74) is 0.841. The van der Waals surface area contributed by atoms with E-state index in [1.165, 1.54) is 70.6 Å². The van der Waals surface area contributed by atoms with E-state index in [1.54, 1.807) is 0 Å². The van der Waals surface area contributed by atoms with Crippen LogP contribution >= 0.6 is 12.6 Å². The Hall–Kier alpha value is -1.09. The molecule has 1 aromatic rings. The van der Waals surface area contributed by atoms with E-state index in [-0.39, 0.29) is 5.91 Å². The molecule has 0 atom stereocenters. The van der Waals surface area contributed by atoms with Gasteiger partial charge in [0.1, 0.15) is 0 Å². The van der Waals surface area contributed by atoms with Crippen molar-refractivity contribution in [2.75, 3.05) is 5.32 Å². The van der Waals surface area contributed by atoms with Crippen LogP contribution in [0.2, 0.25) is 0 Å². The Bertz CT molecular complexity index is 444. The second kappa shape index (κ2) is 15.2. The van der Waals surface area contributed by atoms with Gasteiger partial charge in [0.2, 0.25) is 5.91 Å². The Labute approximate surface area is 160 Å². The minimum atomic E-state index is 0.111. The van der Waals surface area contributed by atoms with Gasteiger partial charge < -0.3 is 5.32 Å². The van der Waals surface area contributed by atoms with Gasteiger partial charge in [0.05, 0.1) is 0 Å². The summed E-state index contributed by atoms with van der Waals surface area (Å²) in [5.74, 6) is 0.111. The van der Waals surface area contributed by atoms with E-state index < -0.39 is 0 Å². The largest absolute Gasteiger partial charge is 0.326 e. The van der Waals surface area contributed by atoms with Crippen LogP contribution in [0.3, 0.4) is 0 Å². The Morgan fingerprint density at radius 2 is 1.20 bits per heavy atom. The van der Waals surface area contributed by atoms with Crippen molar-refractivity contribution in [1.82, 2.24) is 0 Å². The van der Waals surface area contributed by atoms with Crippen molar-refractivity contribution < 1.29 is 4.79 Å². The molecule has 0 aliphatic heterocycles. The predicted octanol–water partition coefficient (Wildman–Crippen LogP) is 7.66. The van der Waals surface area contributed by atoms with Crippen LogP contribution in [-0.4, -0.2) is 5.91 Å². The fourth-order valence-electron chi connectivity index (χ4n) is 3.07. The molecule has 0 aromatic heterocycles. The Kier molecular flexibility index (Phi) is 13.3. The summed E-state index contributed by atoms with van der Waals surface area (Å²) in [6.45, 7) is 2.27. The van der Waals surface area contributed by atoms with Gasteiger partial charge in [0, 0.05) is 17.0 Å². The van der Waals surface area contributed by atoms with Crippen LogP contribution in [0.5, 0.6) is 0 Å². The number of amides is 1. The molecule has 0 saturated heterocycles. The topological polar surface area (TPSA) is 29.1 Å². The first kappa shape index (κ1) is 22.0. The van der Waals surface area contributed by atoms with E-state index >= 15 is 0 Å². The highest BCUT2D eigenvalue weighted by molar-refractivity contribution is 7.80. The number of benzene rings is 1. The molecule has 2 nitrogen and oxygen atoms in total. The number of carbonyl (C=O) groups excluding carboxylic acids is 1. The summed E-state index contributed by atoms with van der Waals surface area (Å²) >= 11 is 5.04. The normalized spacial score (nSPS) is 10.8. The third-order valence-corrected chi connectivity index (χ3v) is 4.92. The lowest BCUT2D eigenvalue weighted by Crippen LogP contribution is -2.10. The molecule has 0 aliphatic carbocycles. The highest BCUT2D eigenvalue weighted by atomic mass is 32.1. The Morgan fingerprint density at radius 1 is 0.760 bits per heavy atom. The molecule has 3 heteroatoms. The molecular formula is C22H36NOS. The van der Waals surface area contributed by atoms with Crippen LogP contribution in [0.4, 0.5) is 5.69 Å². The molecule has 1 N–H and O–H groups in total. The second-order valence-electron chi connectivity index (χ2n) is 7.07. The summed E-state index contributed by atoms with van der Waals surface area (Å²) < 4.78 is 0. The molecule has 0 aliphatic rings. The molecule has 0 bridgehead atoms. The highest BCUT2D eigenvalue weighted by Crippen LogP contribution is 2.14. The standard InChI is InChI=1S/C22H36NOS/c1-2-3-4-5-6-7-8-9-10-11-12-13-14-15-22(24)23-20-16-18-21(25)19-17-20/h16-19H,2-15H2,1H3,(H,23,24). The predicted molar refractivity (Wildman–Crippen MR) is 111 cm³/mol. The van der Waals surface area contributed by atoms with E-state index in [4.69, 9.17) is 12.6 Å². The molecule has 1 rings (SSSR count). The molecule has 0 saturated carbocycles. The number of nitrogens with one attached hydrogen (secondary N) is 1. The van der Waals surface area contributed by atoms with E-state index in [1.807, 2.05) is 24.3 Å². The Balaban J connectivity index is 1.85. The van der Waals surface area contributed by atoms with E-state index in [0.29, 0.717) is 6.42 Å². The fraction of sp³-hybridized carbons (Fsp3) is 0.682. The zero-order valence-corrected chi connectivity index (χ0v) is 16.8. The van der Waals surface area contributed by atoms with Crippen LogP contribution < -0.4 is 5.32 Å². The summed E-state index contributed by atoms with van der Waals surface area (Å²) in [7, 11) is 0. The first-order valence-electron chi connectivity index (χ1n) is 10.3. The summed E-state index contributed by atoms with van der Waals surface area (Å²) in [6.07, 6.45) is 17.9. The number of carbonyl (C=O) groups is 1. The van der Waals surface area contributed by atoms with Crippen LogP contribution in [0.1, 0.15) is 96.8 Å². The van der Waals surface area contributed by atoms with Crippen molar-refractivity contribution in [3.63, 3.8) is 0 Å². The lowest BCUT2D eigenvalue weighted by Gasteiger charge is -2.05. The maximum atomic E-state index is 11.9. The van der Waals surface area contributed by atoms with Gasteiger partial charge in [-0.1, -0.05) is 96.6 Å². The van der Waals surface area contributed by atoms with E-state index in [9.17, 15) is 4.79 Å². The van der Waals surface area contributed by atoms with Crippen molar-refractivity contribution in [2.24, 2.45) is 0 Å². The lowest BCUT2D eigenvalue weighted by molar-refractivity contribution is -0.116. The van der Waals surface area contributed by atoms with E-state index in [0.717, 1.165) is 23.4 Å². The summed E-state index contributed by atoms with van der Waals surface area (Å²) in [5, 5.41) is 2.93. The zero-order valence-electron chi connectivity index (χ0n) is 16.0. The van der Waals surface area contributed by atoms with Gasteiger partial charge in [-0.2, -0.15) is 0 Å². The third-order valence-electron chi connectivity index (χ3n) is 4.65. The maximum Gasteiger partial charge on any atom is 0.224 e. The van der Waals surface area contributed by atoms with Gasteiger partial charge in [-0.3, -0.25) is 4.79 Å². The van der Waals surface area contributed by atoms with Gasteiger partial charge in [-0.25, -0.2) is 0 Å². The molecule has 0 fully saturated rings. The number of anilines is 1. The number of rotatable bonds is 15. The highest BCUT2D eigenvalue weighted by Gasteiger charge is 2.02. The average molecular weight is 363 g/mol. The fourth-order valence-corrected chi connectivity index (χ4v) is 3.20. The summed E-state index contributed by atoms with van der Waals surface area (Å²) in [6, 6.07) is 7.42. The van der Waals surface area contributed by atoms with Crippen LogP contribution in [0, 0.1) is 0 Å². The minimum Gasteiger partial charge on any atom is -0.326 e. The zero-order chi connectivity index (χ0) is 18.2. The van der Waals surface area contributed by atoms with Crippen molar-refractivity contribution >= 4 is 24.2 Å². The molecule has 25 heavy (non-hydrogen) atoms. The van der Waals surface area contributed by atoms with Gasteiger partial charge >= 0.3 is 0 Å². The van der Waals surface area contributed by atoms with Gasteiger partial charge in [0.15, 0.2) is 0 Å². The van der Waals surface area contributed by atoms with Crippen LogP contribution in [0.15, 0.2) is 29.2 Å². The van der Waals surface area contributed by atoms with E-state index in [2.05, 4.69) is 12.2 Å². The molecule has 0 heterocycles. The molecule has 141 valence electrons. The number of hydrogen-bond acceptors (Lipinski definition) is 1. The molecular weight excluding hydrogens is 326 g/mol. The molecule has 0 unspecified atom stereocenters. The minimum absolute atomic E-state index is 0.111. The summed E-state index contributed by atoms with van der Waals surface area (Å²) in [4.78, 5) is 12.7. The van der Waals surface area contributed by atoms with Crippen LogP contribution in [-0.2, 0) is 4.79 Å². The number of unbranched alkanes of at least 4 members (excludes halogenated alkanes) is 12. The first-order valence-corrected chi connectivity index (χ1v) is 10.7. The molecule has 1 amide bonds. The SMILES string of the molecule is CCCCCCCCCCCCCCCC(=O)Nc1ccc([S])cc1. The molecule has 1 aromatic carbocycles. The van der Waals surface area contributed by atoms with Crippen LogP contribution in [0.25, 0.3) is 0 Å². The van der Waals surface area contributed by atoms with Crippen molar-refractivity contribution in [3.05, 3.63) is 24.3 Å². The monoisotopic (exact) mass is 362 g/mol. The Morgan fingerprint density at radius 3 is 1.68 bits per heavy atom. The van der Waals surface area contributed by atoms with Crippen molar-refractivity contribution in [2.45, 2.75) is 102 Å². The van der Waals surface area contributed by atoms with Crippen molar-refractivity contribution in [1.29, 1.82) is 0 Å². The van der Waals surface area contributed by atoms with Gasteiger partial charge in [-0.15, -0.1) is 0 Å². The second-order valence-corrected chi connectivity index (χ2v) is 7.54. The van der Waals surface area contributed by atoms with Gasteiger partial charge in [-0.05, 0) is 30.7 Å². The number of hydrogen-bond donors (Lipinski definition) is 1. The molecule has 0 spiro atoms. The smallest absolute Gasteiger partial charge is 0.224 e. The quantitative estimate of drug-likeness (QED) is 0.319. The molecule has 1 radical (unpaired) electrons. The van der Waals surface area contributed by atoms with Gasteiger partial charge in [0.25, 0.3) is 0 Å². The average Bonchev–Trinajstić information content (AvgIpc) is 2.61. The van der Waals surface area contributed by atoms with Crippen molar-refractivity contribution in [3.8, 4) is 0 Å². The lowest BCUT2D eigenvalue weighted by atomic mass is 10.0. The first-order chi connectivity index (χ1) is 12.2. The maximum absolute atomic E-state index is 11.9.